The van der Waals surface area contributed by atoms with Gasteiger partial charge in [-0.3, -0.25) is 0 Å². The number of rotatable bonds is 2. The molecule has 4 amide bonds. The highest BCUT2D eigenvalue weighted by Gasteiger charge is 2.20. The van der Waals surface area contributed by atoms with Gasteiger partial charge in [-0.15, -0.1) is 0 Å². The molecule has 1 aliphatic rings. The molecule has 2 atom stereocenters. The quantitative estimate of drug-likeness (QED) is 0.782. The lowest BCUT2D eigenvalue weighted by Crippen LogP contribution is -2.45. The second kappa shape index (κ2) is 6.26. The summed E-state index contributed by atoms with van der Waals surface area (Å²) in [6, 6.07) is -0.470. The van der Waals surface area contributed by atoms with Crippen molar-refractivity contribution in [3.63, 3.8) is 0 Å². The van der Waals surface area contributed by atoms with Crippen molar-refractivity contribution >= 4 is 12.1 Å². The zero-order chi connectivity index (χ0) is 14.6. The van der Waals surface area contributed by atoms with Gasteiger partial charge in [-0.1, -0.05) is 13.0 Å². The van der Waals surface area contributed by atoms with E-state index in [9.17, 15) is 9.59 Å². The number of urea groups is 2. The minimum atomic E-state index is -0.192. The molecule has 0 saturated heterocycles. The monoisotopic (exact) mass is 266 g/mol. The van der Waals surface area contributed by atoms with E-state index in [1.807, 2.05) is 25.2 Å². The molecule has 2 unspecified atom stereocenters. The Morgan fingerprint density at radius 1 is 1.11 bits per heavy atom. The van der Waals surface area contributed by atoms with Crippen molar-refractivity contribution in [3.8, 4) is 0 Å². The van der Waals surface area contributed by atoms with Crippen LogP contribution in [-0.2, 0) is 0 Å². The van der Waals surface area contributed by atoms with Crippen molar-refractivity contribution in [1.29, 1.82) is 0 Å². The molecule has 6 heteroatoms. The maximum atomic E-state index is 11.7. The SMILES string of the molecule is CC1C=CC(NC(=O)N(C)C)=CC1NC(=O)N(C)C. The Balaban J connectivity index is 2.71. The summed E-state index contributed by atoms with van der Waals surface area (Å²) in [6.07, 6.45) is 5.67. The molecule has 0 spiro atoms. The van der Waals surface area contributed by atoms with Crippen molar-refractivity contribution in [2.24, 2.45) is 5.92 Å². The molecule has 0 aromatic carbocycles. The van der Waals surface area contributed by atoms with Gasteiger partial charge in [0.05, 0.1) is 6.04 Å². The smallest absolute Gasteiger partial charge is 0.321 e. The van der Waals surface area contributed by atoms with Crippen LogP contribution >= 0.6 is 0 Å². The minimum absolute atomic E-state index is 0.127. The molecule has 106 valence electrons. The molecule has 0 radical (unpaired) electrons. The summed E-state index contributed by atoms with van der Waals surface area (Å²) in [4.78, 5) is 26.2. The van der Waals surface area contributed by atoms with Crippen LogP contribution in [0.3, 0.4) is 0 Å². The molecule has 0 aromatic heterocycles. The number of amides is 4. The first kappa shape index (κ1) is 15.1. The van der Waals surface area contributed by atoms with Crippen molar-refractivity contribution in [3.05, 3.63) is 23.9 Å². The van der Waals surface area contributed by atoms with E-state index in [2.05, 4.69) is 10.6 Å². The van der Waals surface area contributed by atoms with Crippen LogP contribution in [0.25, 0.3) is 0 Å². The Morgan fingerprint density at radius 3 is 2.21 bits per heavy atom. The fraction of sp³-hybridized carbons (Fsp3) is 0.538. The Bertz CT molecular complexity index is 413. The van der Waals surface area contributed by atoms with Crippen LogP contribution < -0.4 is 10.6 Å². The van der Waals surface area contributed by atoms with Crippen LogP contribution in [-0.4, -0.2) is 56.1 Å². The van der Waals surface area contributed by atoms with Gasteiger partial charge in [0, 0.05) is 33.9 Å². The third-order valence-electron chi connectivity index (χ3n) is 2.86. The fourth-order valence-electron chi connectivity index (χ4n) is 1.54. The third-order valence-corrected chi connectivity index (χ3v) is 2.86. The van der Waals surface area contributed by atoms with Crippen molar-refractivity contribution in [2.45, 2.75) is 13.0 Å². The number of hydrogen-bond donors (Lipinski definition) is 2. The first-order valence-corrected chi connectivity index (χ1v) is 6.17. The minimum Gasteiger partial charge on any atom is -0.331 e. The van der Waals surface area contributed by atoms with Crippen LogP contribution in [0.15, 0.2) is 23.9 Å². The number of nitrogens with zero attached hydrogens (tertiary/aromatic N) is 2. The summed E-state index contributed by atoms with van der Waals surface area (Å²) in [5.74, 6) is 0.184. The van der Waals surface area contributed by atoms with Gasteiger partial charge < -0.3 is 20.4 Å². The van der Waals surface area contributed by atoms with Crippen LogP contribution in [0, 0.1) is 5.92 Å². The average Bonchev–Trinajstić information content (AvgIpc) is 2.32. The van der Waals surface area contributed by atoms with Gasteiger partial charge in [0.15, 0.2) is 0 Å². The van der Waals surface area contributed by atoms with Crippen LogP contribution in [0.1, 0.15) is 6.92 Å². The third kappa shape index (κ3) is 4.31. The zero-order valence-electron chi connectivity index (χ0n) is 12.1. The lowest BCUT2D eigenvalue weighted by molar-refractivity contribution is 0.213. The summed E-state index contributed by atoms with van der Waals surface area (Å²) in [6.45, 7) is 2.01. The molecule has 0 heterocycles. The Hall–Kier alpha value is -1.98. The number of nitrogens with one attached hydrogen (secondary N) is 2. The van der Waals surface area contributed by atoms with E-state index in [0.717, 1.165) is 0 Å². The highest BCUT2D eigenvalue weighted by molar-refractivity contribution is 5.76. The predicted molar refractivity (Wildman–Crippen MR) is 74.6 cm³/mol. The molecule has 1 aliphatic carbocycles. The van der Waals surface area contributed by atoms with E-state index >= 15 is 0 Å². The lowest BCUT2D eigenvalue weighted by Gasteiger charge is -2.26. The van der Waals surface area contributed by atoms with Crippen LogP contribution in [0.2, 0.25) is 0 Å². The largest absolute Gasteiger partial charge is 0.331 e. The van der Waals surface area contributed by atoms with Gasteiger partial charge in [0.25, 0.3) is 0 Å². The molecule has 0 aromatic rings. The second-order valence-electron chi connectivity index (χ2n) is 5.03. The molecule has 19 heavy (non-hydrogen) atoms. The van der Waals surface area contributed by atoms with Gasteiger partial charge in [-0.2, -0.15) is 0 Å². The summed E-state index contributed by atoms with van der Waals surface area (Å²) >= 11 is 0. The topological polar surface area (TPSA) is 64.7 Å². The number of hydrogen-bond acceptors (Lipinski definition) is 2. The summed E-state index contributed by atoms with van der Waals surface area (Å²) in [7, 11) is 6.74. The molecule has 1 rings (SSSR count). The van der Waals surface area contributed by atoms with Gasteiger partial charge in [0.2, 0.25) is 0 Å². The standard InChI is InChI=1S/C13H22N4O2/c1-9-6-7-10(14-12(18)16(2)3)8-11(9)15-13(19)17(4)5/h6-9,11H,1-5H3,(H,14,18)(H,15,19). The predicted octanol–water partition coefficient (Wildman–Crippen LogP) is 0.987. The van der Waals surface area contributed by atoms with Crippen LogP contribution in [0.4, 0.5) is 9.59 Å². The number of carbonyl (C=O) groups excluding carboxylic acids is 2. The second-order valence-corrected chi connectivity index (χ2v) is 5.03. The number of allylic oxidation sites excluding steroid dienone is 1. The average molecular weight is 266 g/mol. The fourth-order valence-corrected chi connectivity index (χ4v) is 1.54. The van der Waals surface area contributed by atoms with E-state index in [0.29, 0.717) is 5.70 Å². The van der Waals surface area contributed by atoms with E-state index in [1.54, 1.807) is 28.2 Å². The van der Waals surface area contributed by atoms with Crippen LogP contribution in [0.5, 0.6) is 0 Å². The first-order valence-electron chi connectivity index (χ1n) is 6.17. The van der Waals surface area contributed by atoms with Crippen molar-refractivity contribution < 1.29 is 9.59 Å². The summed E-state index contributed by atoms with van der Waals surface area (Å²) in [5.41, 5.74) is 0.695. The number of carbonyl (C=O) groups is 2. The van der Waals surface area contributed by atoms with Crippen molar-refractivity contribution in [2.75, 3.05) is 28.2 Å². The molecular weight excluding hydrogens is 244 g/mol. The maximum Gasteiger partial charge on any atom is 0.321 e. The Kier molecular flexibility index (Phi) is 4.97. The van der Waals surface area contributed by atoms with Gasteiger partial charge in [0.1, 0.15) is 0 Å². The van der Waals surface area contributed by atoms with E-state index < -0.39 is 0 Å². The summed E-state index contributed by atoms with van der Waals surface area (Å²) < 4.78 is 0. The first-order chi connectivity index (χ1) is 8.81. The van der Waals surface area contributed by atoms with Crippen molar-refractivity contribution in [1.82, 2.24) is 20.4 Å². The molecule has 2 N–H and O–H groups in total. The molecule has 0 saturated carbocycles. The van der Waals surface area contributed by atoms with Gasteiger partial charge in [-0.25, -0.2) is 9.59 Å². The molecule has 0 aliphatic heterocycles. The Labute approximate surface area is 114 Å². The van der Waals surface area contributed by atoms with E-state index in [-0.39, 0.29) is 24.0 Å². The molecule has 0 fully saturated rings. The highest BCUT2D eigenvalue weighted by atomic mass is 16.2. The Morgan fingerprint density at radius 2 is 1.68 bits per heavy atom. The zero-order valence-corrected chi connectivity index (χ0v) is 12.1. The highest BCUT2D eigenvalue weighted by Crippen LogP contribution is 2.15. The molecule has 6 nitrogen and oxygen atoms in total. The molecular formula is C13H22N4O2. The normalized spacial score (nSPS) is 21.4. The lowest BCUT2D eigenvalue weighted by atomic mass is 9.96. The van der Waals surface area contributed by atoms with E-state index in [4.69, 9.17) is 0 Å². The summed E-state index contributed by atoms with van der Waals surface area (Å²) in [5, 5.41) is 5.66. The molecule has 0 bridgehead atoms. The maximum absolute atomic E-state index is 11.7. The van der Waals surface area contributed by atoms with Gasteiger partial charge in [-0.05, 0) is 18.1 Å². The van der Waals surface area contributed by atoms with E-state index in [1.165, 1.54) is 9.80 Å². The van der Waals surface area contributed by atoms with Gasteiger partial charge >= 0.3 is 12.1 Å².